The second kappa shape index (κ2) is 6.39. The van der Waals surface area contributed by atoms with E-state index in [-0.39, 0.29) is 6.61 Å². The molecule has 4 heteroatoms. The Kier molecular flexibility index (Phi) is 4.35. The monoisotopic (exact) mass is 288 g/mol. The number of aliphatic hydroxyl groups excluding tert-OH is 1. The smallest absolute Gasteiger partial charge is 0.0909 e. The second-order valence-electron chi connectivity index (χ2n) is 5.19. The fraction of sp³-hybridized carbons (Fsp3) is 0.375. The van der Waals surface area contributed by atoms with Gasteiger partial charge in [-0.2, -0.15) is 0 Å². The summed E-state index contributed by atoms with van der Waals surface area (Å²) in [4.78, 5) is 4.97. The first-order valence-electron chi connectivity index (χ1n) is 7.04. The van der Waals surface area contributed by atoms with Gasteiger partial charge in [-0.15, -0.1) is 11.3 Å². The number of anilines is 1. The van der Waals surface area contributed by atoms with Gasteiger partial charge in [0.2, 0.25) is 0 Å². The van der Waals surface area contributed by atoms with Crippen molar-refractivity contribution in [1.29, 1.82) is 0 Å². The molecule has 0 amide bonds. The van der Waals surface area contributed by atoms with E-state index in [1.165, 1.54) is 10.6 Å². The molecule has 1 aromatic heterocycles. The van der Waals surface area contributed by atoms with Crippen LogP contribution in [0.2, 0.25) is 0 Å². The van der Waals surface area contributed by atoms with Crippen LogP contribution in [0.5, 0.6) is 0 Å². The molecular weight excluding hydrogens is 268 g/mol. The van der Waals surface area contributed by atoms with Crippen molar-refractivity contribution in [3.8, 4) is 0 Å². The highest BCUT2D eigenvalue weighted by Gasteiger charge is 2.17. The van der Waals surface area contributed by atoms with E-state index in [1.807, 2.05) is 23.5 Å². The molecule has 3 nitrogen and oxygen atoms in total. The third kappa shape index (κ3) is 3.20. The van der Waals surface area contributed by atoms with Crippen LogP contribution < -0.4 is 4.90 Å². The SMILES string of the molecule is OCc1ccc(CN2CCN(c3cccs3)CC2)cc1. The molecule has 106 valence electrons. The zero-order valence-corrected chi connectivity index (χ0v) is 12.4. The fourth-order valence-electron chi connectivity index (χ4n) is 2.58. The first-order valence-corrected chi connectivity index (χ1v) is 7.92. The van der Waals surface area contributed by atoms with Gasteiger partial charge in [-0.25, -0.2) is 0 Å². The molecule has 1 fully saturated rings. The van der Waals surface area contributed by atoms with Crippen molar-refractivity contribution in [1.82, 2.24) is 4.90 Å². The number of hydrogen-bond donors (Lipinski definition) is 1. The number of rotatable bonds is 4. The van der Waals surface area contributed by atoms with E-state index in [0.29, 0.717) is 0 Å². The van der Waals surface area contributed by atoms with E-state index in [2.05, 4.69) is 39.4 Å². The van der Waals surface area contributed by atoms with Crippen LogP contribution >= 0.6 is 11.3 Å². The number of nitrogens with zero attached hydrogens (tertiary/aromatic N) is 2. The Balaban J connectivity index is 1.53. The van der Waals surface area contributed by atoms with Crippen molar-refractivity contribution in [2.75, 3.05) is 31.1 Å². The van der Waals surface area contributed by atoms with Crippen molar-refractivity contribution < 1.29 is 5.11 Å². The first kappa shape index (κ1) is 13.6. The molecule has 1 N–H and O–H groups in total. The largest absolute Gasteiger partial charge is 0.392 e. The van der Waals surface area contributed by atoms with Crippen LogP contribution in [-0.4, -0.2) is 36.2 Å². The van der Waals surface area contributed by atoms with Crippen LogP contribution in [-0.2, 0) is 13.2 Å². The summed E-state index contributed by atoms with van der Waals surface area (Å²) in [5.41, 5.74) is 2.31. The highest BCUT2D eigenvalue weighted by Crippen LogP contribution is 2.22. The Morgan fingerprint density at radius 1 is 0.950 bits per heavy atom. The van der Waals surface area contributed by atoms with Crippen molar-refractivity contribution in [3.63, 3.8) is 0 Å². The Morgan fingerprint density at radius 3 is 2.25 bits per heavy atom. The summed E-state index contributed by atoms with van der Waals surface area (Å²) in [6.45, 7) is 5.56. The molecule has 1 aliphatic rings. The second-order valence-corrected chi connectivity index (χ2v) is 6.12. The van der Waals surface area contributed by atoms with E-state index in [4.69, 9.17) is 5.11 Å². The molecule has 3 rings (SSSR count). The topological polar surface area (TPSA) is 26.7 Å². The fourth-order valence-corrected chi connectivity index (χ4v) is 3.37. The Labute approximate surface area is 124 Å². The van der Waals surface area contributed by atoms with Crippen LogP contribution in [0.1, 0.15) is 11.1 Å². The van der Waals surface area contributed by atoms with Gasteiger partial charge >= 0.3 is 0 Å². The van der Waals surface area contributed by atoms with E-state index in [9.17, 15) is 0 Å². The first-order chi connectivity index (χ1) is 9.85. The molecule has 0 atom stereocenters. The molecule has 0 radical (unpaired) electrons. The number of hydrogen-bond acceptors (Lipinski definition) is 4. The standard InChI is InChI=1S/C16H20N2OS/c19-13-15-5-3-14(4-6-15)12-17-7-9-18(10-8-17)16-2-1-11-20-16/h1-6,11,19H,7-10,12-13H2. The molecule has 0 spiro atoms. The minimum absolute atomic E-state index is 0.125. The van der Waals surface area contributed by atoms with Crippen molar-refractivity contribution in [2.24, 2.45) is 0 Å². The van der Waals surface area contributed by atoms with Crippen molar-refractivity contribution in [2.45, 2.75) is 13.2 Å². The molecule has 2 heterocycles. The number of piperazine rings is 1. The van der Waals surface area contributed by atoms with E-state index < -0.39 is 0 Å². The Hall–Kier alpha value is -1.36. The zero-order valence-electron chi connectivity index (χ0n) is 11.5. The number of aliphatic hydroxyl groups is 1. The summed E-state index contributed by atoms with van der Waals surface area (Å²) in [6.07, 6.45) is 0. The molecule has 0 unspecified atom stereocenters. The summed E-state index contributed by atoms with van der Waals surface area (Å²) in [6, 6.07) is 12.6. The molecule has 2 aromatic rings. The maximum absolute atomic E-state index is 9.05. The minimum Gasteiger partial charge on any atom is -0.392 e. The van der Waals surface area contributed by atoms with E-state index >= 15 is 0 Å². The molecule has 20 heavy (non-hydrogen) atoms. The highest BCUT2D eigenvalue weighted by atomic mass is 32.1. The van der Waals surface area contributed by atoms with Crippen molar-refractivity contribution in [3.05, 3.63) is 52.9 Å². The van der Waals surface area contributed by atoms with Gasteiger partial charge in [-0.1, -0.05) is 24.3 Å². The normalized spacial score (nSPS) is 16.6. The lowest BCUT2D eigenvalue weighted by atomic mass is 10.1. The Morgan fingerprint density at radius 2 is 1.65 bits per heavy atom. The molecule has 1 aliphatic heterocycles. The summed E-state index contributed by atoms with van der Waals surface area (Å²) >= 11 is 1.82. The predicted molar refractivity (Wildman–Crippen MR) is 84.2 cm³/mol. The average Bonchev–Trinajstić information content (AvgIpc) is 3.03. The third-order valence-corrected chi connectivity index (χ3v) is 4.73. The van der Waals surface area contributed by atoms with Gasteiger partial charge in [0.05, 0.1) is 11.6 Å². The van der Waals surface area contributed by atoms with Crippen LogP contribution in [0.25, 0.3) is 0 Å². The molecule has 1 aromatic carbocycles. The molecular formula is C16H20N2OS. The van der Waals surface area contributed by atoms with E-state index in [1.54, 1.807) is 0 Å². The molecule has 0 saturated carbocycles. The maximum atomic E-state index is 9.05. The van der Waals surface area contributed by atoms with Gasteiger partial charge in [-0.3, -0.25) is 4.90 Å². The van der Waals surface area contributed by atoms with Gasteiger partial charge in [0, 0.05) is 32.7 Å². The van der Waals surface area contributed by atoms with Crippen LogP contribution in [0.15, 0.2) is 41.8 Å². The van der Waals surface area contributed by atoms with Gasteiger partial charge in [0.25, 0.3) is 0 Å². The zero-order chi connectivity index (χ0) is 13.8. The highest BCUT2D eigenvalue weighted by molar-refractivity contribution is 7.14. The minimum atomic E-state index is 0.125. The van der Waals surface area contributed by atoms with Gasteiger partial charge < -0.3 is 10.0 Å². The van der Waals surface area contributed by atoms with Crippen LogP contribution in [0.3, 0.4) is 0 Å². The molecule has 0 bridgehead atoms. The maximum Gasteiger partial charge on any atom is 0.0909 e. The Bertz CT molecular complexity index is 516. The summed E-state index contributed by atoms with van der Waals surface area (Å²) < 4.78 is 0. The summed E-state index contributed by atoms with van der Waals surface area (Å²) in [5, 5.41) is 12.6. The van der Waals surface area contributed by atoms with E-state index in [0.717, 1.165) is 38.3 Å². The van der Waals surface area contributed by atoms with Gasteiger partial charge in [0.1, 0.15) is 0 Å². The molecule has 1 saturated heterocycles. The summed E-state index contributed by atoms with van der Waals surface area (Å²) in [7, 11) is 0. The number of thiophene rings is 1. The molecule has 0 aliphatic carbocycles. The van der Waals surface area contributed by atoms with Crippen LogP contribution in [0, 0.1) is 0 Å². The van der Waals surface area contributed by atoms with Crippen molar-refractivity contribution >= 4 is 16.3 Å². The van der Waals surface area contributed by atoms with Gasteiger partial charge in [-0.05, 0) is 28.6 Å². The predicted octanol–water partition coefficient (Wildman–Crippen LogP) is 2.56. The lowest BCUT2D eigenvalue weighted by Crippen LogP contribution is -2.45. The number of benzene rings is 1. The van der Waals surface area contributed by atoms with Gasteiger partial charge in [0.15, 0.2) is 0 Å². The summed E-state index contributed by atoms with van der Waals surface area (Å²) in [5.74, 6) is 0. The lowest BCUT2D eigenvalue weighted by Gasteiger charge is -2.35. The average molecular weight is 288 g/mol. The quantitative estimate of drug-likeness (QED) is 0.936. The van der Waals surface area contributed by atoms with Crippen LogP contribution in [0.4, 0.5) is 5.00 Å². The lowest BCUT2D eigenvalue weighted by molar-refractivity contribution is 0.250. The third-order valence-electron chi connectivity index (χ3n) is 3.80.